The van der Waals surface area contributed by atoms with Crippen LogP contribution in [-0.4, -0.2) is 24.1 Å². The molecule has 27 heavy (non-hydrogen) atoms. The number of H-pyrrole nitrogens is 1. The van der Waals surface area contributed by atoms with Gasteiger partial charge in [0, 0.05) is 17.1 Å². The molecule has 1 aromatic heterocycles. The summed E-state index contributed by atoms with van der Waals surface area (Å²) in [4.78, 5) is 16.0. The molecule has 2 aromatic carbocycles. The van der Waals surface area contributed by atoms with Crippen LogP contribution in [0.3, 0.4) is 0 Å². The van der Waals surface area contributed by atoms with Gasteiger partial charge < -0.3 is 19.8 Å². The molecule has 5 heteroatoms. The largest absolute Gasteiger partial charge is 0.486 e. The van der Waals surface area contributed by atoms with Crippen molar-refractivity contribution in [2.75, 3.05) is 13.2 Å². The van der Waals surface area contributed by atoms with Gasteiger partial charge in [-0.2, -0.15) is 0 Å². The number of nitrogens with one attached hydrogen (secondary N) is 2. The Bertz CT molecular complexity index is 961. The molecule has 1 amide bonds. The molecule has 0 fully saturated rings. The van der Waals surface area contributed by atoms with Crippen LogP contribution in [0.5, 0.6) is 11.5 Å². The summed E-state index contributed by atoms with van der Waals surface area (Å²) in [6.45, 7) is 5.33. The van der Waals surface area contributed by atoms with Crippen LogP contribution in [0.1, 0.15) is 31.0 Å². The van der Waals surface area contributed by atoms with Gasteiger partial charge in [-0.05, 0) is 35.2 Å². The van der Waals surface area contributed by atoms with E-state index >= 15 is 0 Å². The van der Waals surface area contributed by atoms with E-state index in [1.54, 1.807) is 0 Å². The molecule has 0 bridgehead atoms. The number of ether oxygens (including phenoxy) is 2. The van der Waals surface area contributed by atoms with Crippen molar-refractivity contribution in [1.82, 2.24) is 10.3 Å². The van der Waals surface area contributed by atoms with Gasteiger partial charge in [0.15, 0.2) is 11.5 Å². The van der Waals surface area contributed by atoms with E-state index in [2.05, 4.69) is 24.1 Å². The van der Waals surface area contributed by atoms with Gasteiger partial charge in [0.1, 0.15) is 13.2 Å². The van der Waals surface area contributed by atoms with Gasteiger partial charge in [-0.1, -0.05) is 38.1 Å². The summed E-state index contributed by atoms with van der Waals surface area (Å²) in [7, 11) is 0. The van der Waals surface area contributed by atoms with Gasteiger partial charge in [-0.25, -0.2) is 0 Å². The predicted octanol–water partition coefficient (Wildman–Crippen LogP) is 4.00. The van der Waals surface area contributed by atoms with Gasteiger partial charge >= 0.3 is 0 Å². The van der Waals surface area contributed by atoms with Crippen LogP contribution in [0.4, 0.5) is 0 Å². The van der Waals surface area contributed by atoms with E-state index in [9.17, 15) is 4.79 Å². The fraction of sp³-hybridized carbons (Fsp3) is 0.318. The Morgan fingerprint density at radius 1 is 1.11 bits per heavy atom. The van der Waals surface area contributed by atoms with Crippen molar-refractivity contribution in [3.63, 3.8) is 0 Å². The van der Waals surface area contributed by atoms with Gasteiger partial charge in [-0.15, -0.1) is 0 Å². The smallest absolute Gasteiger partial charge is 0.224 e. The van der Waals surface area contributed by atoms with E-state index in [-0.39, 0.29) is 17.9 Å². The fourth-order valence-corrected chi connectivity index (χ4v) is 3.56. The van der Waals surface area contributed by atoms with Gasteiger partial charge in [0.25, 0.3) is 0 Å². The molecule has 2 N–H and O–H groups in total. The van der Waals surface area contributed by atoms with E-state index in [1.807, 2.05) is 48.7 Å². The average molecular weight is 364 g/mol. The van der Waals surface area contributed by atoms with Crippen LogP contribution < -0.4 is 14.8 Å². The summed E-state index contributed by atoms with van der Waals surface area (Å²) in [5, 5.41) is 4.28. The van der Waals surface area contributed by atoms with Crippen molar-refractivity contribution in [2.45, 2.75) is 26.3 Å². The number of carbonyl (C=O) groups excluding carboxylic acids is 1. The number of aromatic nitrogens is 1. The lowest BCUT2D eigenvalue weighted by Crippen LogP contribution is -2.33. The number of benzene rings is 2. The van der Waals surface area contributed by atoms with Crippen molar-refractivity contribution in [2.24, 2.45) is 5.92 Å². The van der Waals surface area contributed by atoms with Crippen LogP contribution in [0.2, 0.25) is 0 Å². The summed E-state index contributed by atoms with van der Waals surface area (Å²) < 4.78 is 11.3. The van der Waals surface area contributed by atoms with E-state index in [1.165, 1.54) is 0 Å². The quantitative estimate of drug-likeness (QED) is 0.719. The summed E-state index contributed by atoms with van der Waals surface area (Å²) >= 11 is 0. The summed E-state index contributed by atoms with van der Waals surface area (Å²) in [6.07, 6.45) is 2.26. The third-order valence-corrected chi connectivity index (χ3v) is 4.93. The Labute approximate surface area is 158 Å². The number of hydrogen-bond donors (Lipinski definition) is 2. The lowest BCUT2D eigenvalue weighted by molar-refractivity contribution is -0.121. The number of carbonyl (C=O) groups is 1. The highest BCUT2D eigenvalue weighted by Gasteiger charge is 2.22. The second kappa shape index (κ2) is 7.35. The third kappa shape index (κ3) is 3.63. The predicted molar refractivity (Wildman–Crippen MR) is 105 cm³/mol. The van der Waals surface area contributed by atoms with Crippen molar-refractivity contribution in [1.29, 1.82) is 0 Å². The molecule has 2 heterocycles. The Morgan fingerprint density at radius 3 is 2.70 bits per heavy atom. The lowest BCUT2D eigenvalue weighted by Gasteiger charge is -2.25. The van der Waals surface area contributed by atoms with E-state index in [0.717, 1.165) is 33.5 Å². The zero-order valence-corrected chi connectivity index (χ0v) is 15.6. The lowest BCUT2D eigenvalue weighted by atomic mass is 9.95. The van der Waals surface area contributed by atoms with E-state index in [4.69, 9.17) is 9.47 Å². The fourth-order valence-electron chi connectivity index (χ4n) is 3.56. The molecular formula is C22H24N2O3. The average Bonchev–Trinajstić information content (AvgIpc) is 3.08. The van der Waals surface area contributed by atoms with E-state index in [0.29, 0.717) is 19.6 Å². The first-order valence-electron chi connectivity index (χ1n) is 9.35. The molecule has 3 aromatic rings. The highest BCUT2D eigenvalue weighted by atomic mass is 16.6. The van der Waals surface area contributed by atoms with Crippen LogP contribution >= 0.6 is 0 Å². The molecule has 1 aliphatic rings. The first-order chi connectivity index (χ1) is 13.1. The third-order valence-electron chi connectivity index (χ3n) is 4.93. The first kappa shape index (κ1) is 17.5. The maximum atomic E-state index is 12.8. The Kier molecular flexibility index (Phi) is 4.75. The zero-order chi connectivity index (χ0) is 18.8. The molecule has 1 atom stereocenters. The Morgan fingerprint density at radius 2 is 1.89 bits per heavy atom. The van der Waals surface area contributed by atoms with Crippen LogP contribution in [0.25, 0.3) is 10.9 Å². The molecule has 0 aliphatic carbocycles. The van der Waals surface area contributed by atoms with Crippen LogP contribution in [0, 0.1) is 5.92 Å². The summed E-state index contributed by atoms with van der Waals surface area (Å²) in [5.41, 5.74) is 3.09. The monoisotopic (exact) mass is 364 g/mol. The number of hydrogen-bond acceptors (Lipinski definition) is 3. The maximum Gasteiger partial charge on any atom is 0.224 e. The zero-order valence-electron chi connectivity index (χ0n) is 15.6. The second-order valence-corrected chi connectivity index (χ2v) is 7.23. The molecule has 4 rings (SSSR count). The molecule has 1 unspecified atom stereocenters. The molecule has 5 nitrogen and oxygen atoms in total. The number of amides is 1. The highest BCUT2D eigenvalue weighted by Crippen LogP contribution is 2.34. The van der Waals surface area contributed by atoms with E-state index < -0.39 is 0 Å². The van der Waals surface area contributed by atoms with Crippen molar-refractivity contribution in [3.05, 3.63) is 59.8 Å². The minimum Gasteiger partial charge on any atom is -0.486 e. The minimum atomic E-state index is -0.0847. The Balaban J connectivity index is 1.52. The highest BCUT2D eigenvalue weighted by molar-refractivity contribution is 5.89. The van der Waals surface area contributed by atoms with Gasteiger partial charge in [-0.3, -0.25) is 4.79 Å². The molecule has 0 radical (unpaired) electrons. The minimum absolute atomic E-state index is 0.00772. The normalized spacial score (nSPS) is 14.3. The molecule has 0 saturated carbocycles. The van der Waals surface area contributed by atoms with Crippen LogP contribution in [-0.2, 0) is 11.2 Å². The molecule has 1 aliphatic heterocycles. The SMILES string of the molecule is CC(C)C(NC(=O)Cc1c[nH]c2ccccc12)c1ccc2c(c1)OCCO2. The van der Waals surface area contributed by atoms with Gasteiger partial charge in [0.05, 0.1) is 12.5 Å². The van der Waals surface area contributed by atoms with Crippen molar-refractivity contribution in [3.8, 4) is 11.5 Å². The molecular weight excluding hydrogens is 340 g/mol. The first-order valence-corrected chi connectivity index (χ1v) is 9.35. The summed E-state index contributed by atoms with van der Waals surface area (Å²) in [5.74, 6) is 1.76. The van der Waals surface area contributed by atoms with Crippen molar-refractivity contribution >= 4 is 16.8 Å². The maximum absolute atomic E-state index is 12.8. The van der Waals surface area contributed by atoms with Gasteiger partial charge in [0.2, 0.25) is 5.91 Å². The number of para-hydroxylation sites is 1. The number of fused-ring (bicyclic) bond motifs is 2. The van der Waals surface area contributed by atoms with Crippen LogP contribution in [0.15, 0.2) is 48.7 Å². The van der Waals surface area contributed by atoms with Crippen molar-refractivity contribution < 1.29 is 14.3 Å². The number of rotatable bonds is 5. The standard InChI is InChI=1S/C22H24N2O3/c1-14(2)22(15-7-8-19-20(11-15)27-10-9-26-19)24-21(25)12-16-13-23-18-6-4-3-5-17(16)18/h3-8,11,13-14,22-23H,9-10,12H2,1-2H3,(H,24,25). The molecule has 0 spiro atoms. The Hall–Kier alpha value is -2.95. The second-order valence-electron chi connectivity index (χ2n) is 7.23. The number of aromatic amines is 1. The summed E-state index contributed by atoms with van der Waals surface area (Å²) in [6, 6.07) is 13.8. The topological polar surface area (TPSA) is 63.4 Å². The molecule has 0 saturated heterocycles. The molecule has 140 valence electrons.